The molecule has 0 radical (unpaired) electrons. The third kappa shape index (κ3) is 3.17. The highest BCUT2D eigenvalue weighted by Crippen LogP contribution is 2.42. The average Bonchev–Trinajstić information content (AvgIpc) is 3.18. The van der Waals surface area contributed by atoms with Crippen LogP contribution < -0.4 is 9.96 Å². The molecule has 0 aliphatic carbocycles. The monoisotopic (exact) mass is 428 g/mol. The highest BCUT2D eigenvalue weighted by atomic mass is 79.9. The van der Waals surface area contributed by atoms with Gasteiger partial charge in [0.1, 0.15) is 0 Å². The molecule has 0 unspecified atom stereocenters. The van der Waals surface area contributed by atoms with Gasteiger partial charge in [0.2, 0.25) is 5.91 Å². The smallest absolute Gasteiger partial charge is 0.266 e. The summed E-state index contributed by atoms with van der Waals surface area (Å²) in [7, 11) is 0. The molecule has 2 saturated heterocycles. The van der Waals surface area contributed by atoms with E-state index in [4.69, 9.17) is 4.84 Å². The number of unbranched alkanes of at least 4 members (excludes halogenated alkanes) is 1. The molecular formula is C21H21BrN2O3. The molecule has 0 N–H and O–H groups in total. The number of hydrogen-bond donors (Lipinski definition) is 0. The van der Waals surface area contributed by atoms with Gasteiger partial charge in [-0.05, 0) is 42.8 Å². The van der Waals surface area contributed by atoms with Crippen LogP contribution in [0.25, 0.3) is 0 Å². The van der Waals surface area contributed by atoms with Crippen LogP contribution in [0.15, 0.2) is 59.1 Å². The molecule has 2 aromatic carbocycles. The summed E-state index contributed by atoms with van der Waals surface area (Å²) in [6.07, 6.45) is 2.04. The molecule has 0 saturated carbocycles. The van der Waals surface area contributed by atoms with Crippen LogP contribution in [0.3, 0.4) is 0 Å². The molecule has 2 amide bonds. The molecule has 0 aromatic heterocycles. The molecule has 0 spiro atoms. The largest absolute Gasteiger partial charge is 0.273 e. The van der Waals surface area contributed by atoms with Gasteiger partial charge in [0.25, 0.3) is 5.91 Å². The van der Waals surface area contributed by atoms with Crippen molar-refractivity contribution >= 4 is 39.1 Å². The van der Waals surface area contributed by atoms with Crippen molar-refractivity contribution in [2.45, 2.75) is 38.3 Å². The lowest BCUT2D eigenvalue weighted by atomic mass is 9.92. The summed E-state index contributed by atoms with van der Waals surface area (Å²) in [6, 6.07) is 16.8. The van der Waals surface area contributed by atoms with Gasteiger partial charge in [0.15, 0.2) is 6.10 Å². The maximum Gasteiger partial charge on any atom is 0.266 e. The minimum atomic E-state index is -0.761. The van der Waals surface area contributed by atoms with Crippen LogP contribution in [0.4, 0.5) is 11.4 Å². The van der Waals surface area contributed by atoms with Crippen molar-refractivity contribution in [3.8, 4) is 0 Å². The van der Waals surface area contributed by atoms with E-state index in [-0.39, 0.29) is 17.9 Å². The third-order valence-corrected chi connectivity index (χ3v) is 5.72. The second-order valence-corrected chi connectivity index (χ2v) is 7.83. The first kappa shape index (κ1) is 18.2. The van der Waals surface area contributed by atoms with Crippen molar-refractivity contribution < 1.29 is 14.4 Å². The maximum absolute atomic E-state index is 13.2. The van der Waals surface area contributed by atoms with E-state index in [9.17, 15) is 9.59 Å². The van der Waals surface area contributed by atoms with Crippen LogP contribution in [0.5, 0.6) is 0 Å². The number of halogens is 1. The molecule has 27 heavy (non-hydrogen) atoms. The van der Waals surface area contributed by atoms with Gasteiger partial charge in [-0.1, -0.05) is 53.9 Å². The topological polar surface area (TPSA) is 49.9 Å². The minimum absolute atomic E-state index is 0.144. The summed E-state index contributed by atoms with van der Waals surface area (Å²) in [6.45, 7) is 2.12. The predicted molar refractivity (Wildman–Crippen MR) is 107 cm³/mol. The van der Waals surface area contributed by atoms with Gasteiger partial charge >= 0.3 is 0 Å². The first-order valence-corrected chi connectivity index (χ1v) is 10.1. The highest BCUT2D eigenvalue weighted by molar-refractivity contribution is 9.10. The molecule has 2 fully saturated rings. The van der Waals surface area contributed by atoms with Crippen LogP contribution in [-0.2, 0) is 14.4 Å². The summed E-state index contributed by atoms with van der Waals surface area (Å²) in [5.41, 5.74) is 1.47. The van der Waals surface area contributed by atoms with Crippen LogP contribution in [0.2, 0.25) is 0 Å². The number of nitrogens with zero attached hydrogens (tertiary/aromatic N) is 2. The molecule has 2 aliphatic heterocycles. The van der Waals surface area contributed by atoms with E-state index in [0.29, 0.717) is 5.69 Å². The zero-order valence-electron chi connectivity index (χ0n) is 15.0. The Morgan fingerprint density at radius 3 is 2.33 bits per heavy atom. The molecule has 0 bridgehead atoms. The number of fused-ring (bicyclic) bond motifs is 1. The van der Waals surface area contributed by atoms with E-state index in [2.05, 4.69) is 22.9 Å². The van der Waals surface area contributed by atoms with Gasteiger partial charge in [0.05, 0.1) is 23.3 Å². The Bertz CT molecular complexity index is 840. The van der Waals surface area contributed by atoms with Gasteiger partial charge in [-0.3, -0.25) is 14.4 Å². The number of anilines is 2. The van der Waals surface area contributed by atoms with Gasteiger partial charge in [-0.15, -0.1) is 0 Å². The van der Waals surface area contributed by atoms with Crippen LogP contribution in [0, 0.1) is 5.92 Å². The highest BCUT2D eigenvalue weighted by Gasteiger charge is 2.59. The lowest BCUT2D eigenvalue weighted by molar-refractivity contribution is -0.126. The number of para-hydroxylation sites is 1. The van der Waals surface area contributed by atoms with Crippen molar-refractivity contribution in [2.24, 2.45) is 5.92 Å². The quantitative estimate of drug-likeness (QED) is 0.665. The molecule has 4 rings (SSSR count). The van der Waals surface area contributed by atoms with Crippen molar-refractivity contribution in [3.05, 3.63) is 59.1 Å². The van der Waals surface area contributed by atoms with E-state index in [1.54, 1.807) is 17.2 Å². The van der Waals surface area contributed by atoms with Crippen LogP contribution >= 0.6 is 15.9 Å². The van der Waals surface area contributed by atoms with Crippen molar-refractivity contribution in [1.29, 1.82) is 0 Å². The van der Waals surface area contributed by atoms with Crippen LogP contribution in [0.1, 0.15) is 26.2 Å². The molecule has 2 aliphatic rings. The Kier molecular flexibility index (Phi) is 5.02. The number of imide groups is 1. The van der Waals surface area contributed by atoms with Crippen molar-refractivity contribution in [1.82, 2.24) is 0 Å². The molecule has 5 nitrogen and oxygen atoms in total. The molecule has 2 heterocycles. The second kappa shape index (κ2) is 7.44. The van der Waals surface area contributed by atoms with E-state index in [1.165, 1.54) is 4.90 Å². The normalized spacial score (nSPS) is 24.6. The lowest BCUT2D eigenvalue weighted by Crippen LogP contribution is -2.40. The standard InChI is InChI=1S/C21H21BrN2O3/c1-2-3-9-17-18-19(27-24(17)16-7-5-4-6-8-16)21(26)23(20(18)25)15-12-10-14(22)11-13-15/h4-8,10-13,17-19H,2-3,9H2,1H3/t17-,18+,19+/m1/s1. The van der Waals surface area contributed by atoms with E-state index >= 15 is 0 Å². The van der Waals surface area contributed by atoms with Crippen molar-refractivity contribution in [2.75, 3.05) is 9.96 Å². The van der Waals surface area contributed by atoms with Gasteiger partial charge in [-0.25, -0.2) is 9.96 Å². The number of amides is 2. The van der Waals surface area contributed by atoms with E-state index < -0.39 is 12.0 Å². The Morgan fingerprint density at radius 1 is 0.963 bits per heavy atom. The molecule has 3 atom stereocenters. The van der Waals surface area contributed by atoms with E-state index in [0.717, 1.165) is 29.4 Å². The predicted octanol–water partition coefficient (Wildman–Crippen LogP) is 4.32. The van der Waals surface area contributed by atoms with E-state index in [1.807, 2.05) is 42.5 Å². The number of benzene rings is 2. The Morgan fingerprint density at radius 2 is 1.67 bits per heavy atom. The van der Waals surface area contributed by atoms with Gasteiger partial charge < -0.3 is 0 Å². The Balaban J connectivity index is 1.66. The number of carbonyl (C=O) groups excluding carboxylic acids is 2. The van der Waals surface area contributed by atoms with Gasteiger partial charge in [-0.2, -0.15) is 0 Å². The second-order valence-electron chi connectivity index (χ2n) is 6.91. The number of rotatable bonds is 5. The maximum atomic E-state index is 13.2. The Labute approximate surface area is 167 Å². The fraction of sp³-hybridized carbons (Fsp3) is 0.333. The third-order valence-electron chi connectivity index (χ3n) is 5.19. The number of hydroxylamine groups is 1. The molecule has 140 valence electrons. The fourth-order valence-electron chi connectivity index (χ4n) is 3.87. The molecule has 2 aromatic rings. The fourth-order valence-corrected chi connectivity index (χ4v) is 4.14. The summed E-state index contributed by atoms with van der Waals surface area (Å²) < 4.78 is 0.901. The first-order valence-electron chi connectivity index (χ1n) is 9.26. The molecule has 6 heteroatoms. The van der Waals surface area contributed by atoms with Crippen molar-refractivity contribution in [3.63, 3.8) is 0 Å². The lowest BCUT2D eigenvalue weighted by Gasteiger charge is -2.28. The summed E-state index contributed by atoms with van der Waals surface area (Å²) in [5, 5.41) is 1.78. The number of hydrogen-bond acceptors (Lipinski definition) is 4. The first-order chi connectivity index (χ1) is 13.1. The Hall–Kier alpha value is -2.18. The SMILES string of the molecule is CCCC[C@@H]1[C@@H]2C(=O)N(c3ccc(Br)cc3)C(=O)[C@H]2ON1c1ccccc1. The average molecular weight is 429 g/mol. The number of carbonyl (C=O) groups is 2. The zero-order valence-corrected chi connectivity index (χ0v) is 16.6. The zero-order chi connectivity index (χ0) is 19.0. The summed E-state index contributed by atoms with van der Waals surface area (Å²) in [4.78, 5) is 33.6. The summed E-state index contributed by atoms with van der Waals surface area (Å²) in [5.74, 6) is -0.938. The van der Waals surface area contributed by atoms with Gasteiger partial charge in [0, 0.05) is 4.47 Å². The summed E-state index contributed by atoms with van der Waals surface area (Å²) >= 11 is 3.38. The minimum Gasteiger partial charge on any atom is -0.273 e. The molecular weight excluding hydrogens is 408 g/mol. The van der Waals surface area contributed by atoms with Crippen LogP contribution in [-0.4, -0.2) is 24.0 Å².